The van der Waals surface area contributed by atoms with Gasteiger partial charge in [0, 0.05) is 31.6 Å². The Morgan fingerprint density at radius 3 is 2.38 bits per heavy atom. The molecule has 0 aliphatic carbocycles. The van der Waals surface area contributed by atoms with Crippen LogP contribution in [0.15, 0.2) is 0 Å². The number of sulfone groups is 1. The normalized spacial score (nSPS) is 11.3. The summed E-state index contributed by atoms with van der Waals surface area (Å²) in [5.41, 5.74) is 0. The fourth-order valence-electron chi connectivity index (χ4n) is 0.699. The lowest BCUT2D eigenvalue weighted by Gasteiger charge is -2.15. The maximum absolute atomic E-state index is 11.2. The molecule has 0 aromatic rings. The van der Waals surface area contributed by atoms with Gasteiger partial charge in [-0.25, -0.2) is 8.42 Å². The fraction of sp³-hybridized carbons (Fsp3) is 0.857. The minimum Gasteiger partial charge on any atom is -0.345 e. The molecule has 13 heavy (non-hydrogen) atoms. The van der Waals surface area contributed by atoms with Gasteiger partial charge in [0.1, 0.15) is 9.84 Å². The van der Waals surface area contributed by atoms with Crippen LogP contribution in [0.1, 0.15) is 6.42 Å². The molecule has 0 saturated carbocycles. The Morgan fingerprint density at radius 1 is 1.46 bits per heavy atom. The van der Waals surface area contributed by atoms with Crippen molar-refractivity contribution >= 4 is 31.7 Å². The predicted molar refractivity (Wildman–Crippen MR) is 55.8 cm³/mol. The molecule has 0 saturated heterocycles. The number of alkyl halides is 1. The average molecular weight is 272 g/mol. The van der Waals surface area contributed by atoms with Gasteiger partial charge < -0.3 is 4.90 Å². The van der Waals surface area contributed by atoms with Gasteiger partial charge in [0.25, 0.3) is 0 Å². The van der Waals surface area contributed by atoms with E-state index in [9.17, 15) is 13.2 Å². The third kappa shape index (κ3) is 7.01. The van der Waals surface area contributed by atoms with Crippen molar-refractivity contribution in [3.8, 4) is 0 Å². The predicted octanol–water partition coefficient (Wildman–Crippen LogP) is 0.274. The van der Waals surface area contributed by atoms with Crippen LogP contribution in [-0.2, 0) is 14.6 Å². The largest absolute Gasteiger partial charge is 0.345 e. The molecular formula is C7H14BrNO3S. The van der Waals surface area contributed by atoms with Crippen LogP contribution in [0.3, 0.4) is 0 Å². The summed E-state index contributed by atoms with van der Waals surface area (Å²) in [6.07, 6.45) is 1.57. The van der Waals surface area contributed by atoms with Gasteiger partial charge in [-0.2, -0.15) is 0 Å². The molecule has 0 fully saturated rings. The first-order valence-corrected chi connectivity index (χ1v) is 7.02. The Morgan fingerprint density at radius 2 is 2.00 bits per heavy atom. The highest BCUT2D eigenvalue weighted by atomic mass is 79.9. The summed E-state index contributed by atoms with van der Waals surface area (Å²) in [4.78, 5) is 12.6. The Kier molecular flexibility index (Phi) is 5.55. The lowest BCUT2D eigenvalue weighted by Crippen LogP contribution is -2.31. The standard InChI is InChI=1S/C7H14BrNO3S/c1-9(7(10)3-4-8)5-6-13(2,11)12/h3-6H2,1-2H3. The van der Waals surface area contributed by atoms with Crippen LogP contribution >= 0.6 is 15.9 Å². The molecule has 0 heterocycles. The van der Waals surface area contributed by atoms with Gasteiger partial charge in [-0.05, 0) is 0 Å². The molecule has 0 aromatic heterocycles. The van der Waals surface area contributed by atoms with E-state index in [4.69, 9.17) is 0 Å². The molecule has 0 rings (SSSR count). The second-order valence-electron chi connectivity index (χ2n) is 2.88. The van der Waals surface area contributed by atoms with Gasteiger partial charge in [0.15, 0.2) is 0 Å². The smallest absolute Gasteiger partial charge is 0.223 e. The molecule has 0 bridgehead atoms. The first kappa shape index (κ1) is 12.9. The van der Waals surface area contributed by atoms with Gasteiger partial charge in [-0.1, -0.05) is 15.9 Å². The topological polar surface area (TPSA) is 54.5 Å². The zero-order valence-electron chi connectivity index (χ0n) is 7.79. The van der Waals surface area contributed by atoms with Crippen molar-refractivity contribution < 1.29 is 13.2 Å². The van der Waals surface area contributed by atoms with Crippen molar-refractivity contribution in [2.45, 2.75) is 6.42 Å². The number of amides is 1. The number of hydrogen-bond donors (Lipinski definition) is 0. The van der Waals surface area contributed by atoms with Crippen molar-refractivity contribution in [1.29, 1.82) is 0 Å². The lowest BCUT2D eigenvalue weighted by molar-refractivity contribution is -0.129. The fourth-order valence-corrected chi connectivity index (χ4v) is 1.64. The monoisotopic (exact) mass is 271 g/mol. The Hall–Kier alpha value is -0.100. The zero-order chi connectivity index (χ0) is 10.5. The van der Waals surface area contributed by atoms with Crippen molar-refractivity contribution in [3.63, 3.8) is 0 Å². The van der Waals surface area contributed by atoms with Gasteiger partial charge in [0.2, 0.25) is 5.91 Å². The van der Waals surface area contributed by atoms with Crippen molar-refractivity contribution in [3.05, 3.63) is 0 Å². The minimum atomic E-state index is -2.97. The van der Waals surface area contributed by atoms with E-state index in [0.29, 0.717) is 11.8 Å². The van der Waals surface area contributed by atoms with Crippen LogP contribution in [0.25, 0.3) is 0 Å². The Balaban J connectivity index is 3.88. The molecule has 0 spiro atoms. The van der Waals surface area contributed by atoms with Gasteiger partial charge in [-0.3, -0.25) is 4.79 Å². The highest BCUT2D eigenvalue weighted by molar-refractivity contribution is 9.09. The first-order valence-electron chi connectivity index (χ1n) is 3.84. The number of halogens is 1. The number of nitrogens with zero attached hydrogens (tertiary/aromatic N) is 1. The maximum atomic E-state index is 11.2. The Labute approximate surface area is 87.3 Å². The highest BCUT2D eigenvalue weighted by Gasteiger charge is 2.10. The minimum absolute atomic E-state index is 0.0253. The number of carbonyl (C=O) groups excluding carboxylic acids is 1. The lowest BCUT2D eigenvalue weighted by atomic mass is 10.4. The first-order chi connectivity index (χ1) is 5.87. The van der Waals surface area contributed by atoms with Crippen molar-refractivity contribution in [1.82, 2.24) is 4.90 Å². The third-order valence-corrected chi connectivity index (χ3v) is 2.85. The van der Waals surface area contributed by atoms with E-state index in [2.05, 4.69) is 15.9 Å². The number of carbonyl (C=O) groups is 1. The molecular weight excluding hydrogens is 258 g/mol. The van der Waals surface area contributed by atoms with E-state index < -0.39 is 9.84 Å². The average Bonchev–Trinajstić information content (AvgIpc) is 1.99. The maximum Gasteiger partial charge on any atom is 0.223 e. The van der Waals surface area contributed by atoms with Crippen LogP contribution in [-0.4, -0.2) is 50.2 Å². The van der Waals surface area contributed by atoms with E-state index in [1.54, 1.807) is 7.05 Å². The summed E-state index contributed by atoms with van der Waals surface area (Å²) < 4.78 is 21.5. The molecule has 0 aliphatic rings. The van der Waals surface area contributed by atoms with Gasteiger partial charge in [-0.15, -0.1) is 0 Å². The second kappa shape index (κ2) is 5.59. The molecule has 0 N–H and O–H groups in total. The quantitative estimate of drug-likeness (QED) is 0.675. The molecule has 0 unspecified atom stereocenters. The van der Waals surface area contributed by atoms with E-state index in [1.807, 2.05) is 0 Å². The van der Waals surface area contributed by atoms with Crippen LogP contribution in [0.5, 0.6) is 0 Å². The molecule has 0 aromatic carbocycles. The summed E-state index contributed by atoms with van der Waals surface area (Å²) in [5, 5.41) is 0.606. The van der Waals surface area contributed by atoms with Crippen molar-refractivity contribution in [2.24, 2.45) is 0 Å². The van der Waals surface area contributed by atoms with Crippen LogP contribution in [0.2, 0.25) is 0 Å². The van der Waals surface area contributed by atoms with E-state index in [1.165, 1.54) is 4.90 Å². The molecule has 0 atom stereocenters. The van der Waals surface area contributed by atoms with Crippen molar-refractivity contribution in [2.75, 3.05) is 30.9 Å². The molecule has 1 amide bonds. The summed E-state index contributed by atoms with van der Waals surface area (Å²) in [6.45, 7) is 0.269. The SMILES string of the molecule is CN(CCS(C)(=O)=O)C(=O)CCBr. The van der Waals surface area contributed by atoms with E-state index in [-0.39, 0.29) is 18.2 Å². The molecule has 0 aliphatic heterocycles. The Bertz CT molecular complexity index is 263. The second-order valence-corrected chi connectivity index (χ2v) is 5.94. The third-order valence-electron chi connectivity index (χ3n) is 1.53. The highest BCUT2D eigenvalue weighted by Crippen LogP contribution is 1.95. The molecule has 4 nitrogen and oxygen atoms in total. The summed E-state index contributed by atoms with van der Waals surface area (Å²) in [7, 11) is -1.37. The van der Waals surface area contributed by atoms with Gasteiger partial charge in [0.05, 0.1) is 5.75 Å². The van der Waals surface area contributed by atoms with E-state index in [0.717, 1.165) is 6.26 Å². The number of hydrogen-bond acceptors (Lipinski definition) is 3. The van der Waals surface area contributed by atoms with Crippen LogP contribution < -0.4 is 0 Å². The molecule has 78 valence electrons. The van der Waals surface area contributed by atoms with Crippen LogP contribution in [0, 0.1) is 0 Å². The van der Waals surface area contributed by atoms with E-state index >= 15 is 0 Å². The number of rotatable bonds is 5. The molecule has 6 heteroatoms. The summed E-state index contributed by atoms with van der Waals surface area (Å²) in [6, 6.07) is 0. The summed E-state index contributed by atoms with van der Waals surface area (Å²) >= 11 is 3.14. The van der Waals surface area contributed by atoms with Crippen LogP contribution in [0.4, 0.5) is 0 Å². The molecule has 0 radical (unpaired) electrons. The zero-order valence-corrected chi connectivity index (χ0v) is 10.2. The van der Waals surface area contributed by atoms with Gasteiger partial charge >= 0.3 is 0 Å². The summed E-state index contributed by atoms with van der Waals surface area (Å²) in [5.74, 6) is -0.0159.